The fraction of sp³-hybridized carbons (Fsp3) is 0.200. The molecule has 6 heteroatoms. The van der Waals surface area contributed by atoms with Gasteiger partial charge in [-0.1, -0.05) is 42.5 Å². The van der Waals surface area contributed by atoms with Crippen LogP contribution in [0.15, 0.2) is 79.0 Å². The molecule has 0 radical (unpaired) electrons. The summed E-state index contributed by atoms with van der Waals surface area (Å²) < 4.78 is 55.0. The predicted octanol–water partition coefficient (Wildman–Crippen LogP) is 6.67. The number of hydrogen-bond acceptors (Lipinski definition) is 1. The zero-order chi connectivity index (χ0) is 22.0. The molecule has 1 atom stereocenters. The number of halogens is 4. The van der Waals surface area contributed by atoms with Crippen LogP contribution in [0.4, 0.5) is 17.6 Å². The minimum absolute atomic E-state index is 0.128. The standard InChI is InChI=1S/C25H22F4N2/c1-30-14-13-23(18-5-4-6-20(26)15-18)31-16-22(21-7-2-3-8-24(21)31)17-9-11-19(12-10-17)25(27,28)29/h2-12,15-16,23,30H,13-14H2,1H3. The minimum atomic E-state index is -4.37. The first-order chi connectivity index (χ1) is 14.9. The van der Waals surface area contributed by atoms with Gasteiger partial charge in [0.1, 0.15) is 5.82 Å². The predicted molar refractivity (Wildman–Crippen MR) is 115 cm³/mol. The Hall–Kier alpha value is -3.12. The Balaban J connectivity index is 1.85. The summed E-state index contributed by atoms with van der Waals surface area (Å²) in [5, 5.41) is 4.08. The zero-order valence-electron chi connectivity index (χ0n) is 17.0. The van der Waals surface area contributed by atoms with Crippen LogP contribution in [0.2, 0.25) is 0 Å². The molecule has 1 N–H and O–H groups in total. The largest absolute Gasteiger partial charge is 0.416 e. The van der Waals surface area contributed by atoms with Crippen LogP contribution in [0.5, 0.6) is 0 Å². The van der Waals surface area contributed by atoms with Gasteiger partial charge in [-0.15, -0.1) is 0 Å². The number of alkyl halides is 3. The normalized spacial score (nSPS) is 12.9. The van der Waals surface area contributed by atoms with Gasteiger partial charge in [-0.2, -0.15) is 13.2 Å². The molecule has 2 nitrogen and oxygen atoms in total. The lowest BCUT2D eigenvalue weighted by Gasteiger charge is -2.21. The molecule has 0 saturated carbocycles. The highest BCUT2D eigenvalue weighted by Crippen LogP contribution is 2.37. The average Bonchev–Trinajstić information content (AvgIpc) is 3.13. The van der Waals surface area contributed by atoms with E-state index in [0.29, 0.717) is 5.56 Å². The van der Waals surface area contributed by atoms with Crippen LogP contribution in [-0.4, -0.2) is 18.2 Å². The highest BCUT2D eigenvalue weighted by molar-refractivity contribution is 5.96. The summed E-state index contributed by atoms with van der Waals surface area (Å²) in [6.07, 6.45) is -1.69. The Kier molecular flexibility index (Phi) is 5.83. The third-order valence-electron chi connectivity index (χ3n) is 5.50. The molecule has 0 fully saturated rings. The Labute approximate surface area is 178 Å². The Morgan fingerprint density at radius 1 is 0.935 bits per heavy atom. The summed E-state index contributed by atoms with van der Waals surface area (Å²) in [6, 6.07) is 19.4. The van der Waals surface area contributed by atoms with Gasteiger partial charge in [-0.05, 0) is 61.5 Å². The molecule has 0 amide bonds. The summed E-state index contributed by atoms with van der Waals surface area (Å²) in [7, 11) is 1.87. The monoisotopic (exact) mass is 426 g/mol. The molecule has 0 bridgehead atoms. The van der Waals surface area contributed by atoms with Crippen molar-refractivity contribution in [2.24, 2.45) is 0 Å². The lowest BCUT2D eigenvalue weighted by Crippen LogP contribution is -2.17. The Morgan fingerprint density at radius 3 is 2.35 bits per heavy atom. The highest BCUT2D eigenvalue weighted by atomic mass is 19.4. The Morgan fingerprint density at radius 2 is 1.68 bits per heavy atom. The van der Waals surface area contributed by atoms with Crippen molar-refractivity contribution < 1.29 is 17.6 Å². The molecule has 0 saturated heterocycles. The van der Waals surface area contributed by atoms with Crippen molar-refractivity contribution in [2.75, 3.05) is 13.6 Å². The third-order valence-corrected chi connectivity index (χ3v) is 5.50. The van der Waals surface area contributed by atoms with E-state index in [1.807, 2.05) is 43.6 Å². The van der Waals surface area contributed by atoms with Crippen molar-refractivity contribution in [1.82, 2.24) is 9.88 Å². The second kappa shape index (κ2) is 8.55. The SMILES string of the molecule is CNCCC(c1cccc(F)c1)n1cc(-c2ccc(C(F)(F)F)cc2)c2ccccc21. The van der Waals surface area contributed by atoms with E-state index in [0.717, 1.165) is 47.1 Å². The van der Waals surface area contributed by atoms with Gasteiger partial charge in [0, 0.05) is 22.7 Å². The maximum atomic E-state index is 14.0. The topological polar surface area (TPSA) is 17.0 Å². The van der Waals surface area contributed by atoms with Crippen LogP contribution in [0.1, 0.15) is 23.6 Å². The van der Waals surface area contributed by atoms with Gasteiger partial charge in [0.2, 0.25) is 0 Å². The maximum absolute atomic E-state index is 14.0. The lowest BCUT2D eigenvalue weighted by atomic mass is 10.0. The number of para-hydroxylation sites is 1. The first-order valence-electron chi connectivity index (χ1n) is 10.1. The minimum Gasteiger partial charge on any atom is -0.339 e. The maximum Gasteiger partial charge on any atom is 0.416 e. The van der Waals surface area contributed by atoms with E-state index in [1.54, 1.807) is 6.07 Å². The second-order valence-electron chi connectivity index (χ2n) is 7.51. The number of rotatable bonds is 6. The molecule has 0 spiro atoms. The molecule has 4 rings (SSSR count). The van der Waals surface area contributed by atoms with Crippen LogP contribution in [0.25, 0.3) is 22.0 Å². The van der Waals surface area contributed by atoms with Crippen molar-refractivity contribution in [1.29, 1.82) is 0 Å². The molecular weight excluding hydrogens is 404 g/mol. The summed E-state index contributed by atoms with van der Waals surface area (Å²) in [4.78, 5) is 0. The van der Waals surface area contributed by atoms with Gasteiger partial charge in [0.15, 0.2) is 0 Å². The van der Waals surface area contributed by atoms with Gasteiger partial charge in [-0.3, -0.25) is 0 Å². The van der Waals surface area contributed by atoms with Crippen LogP contribution >= 0.6 is 0 Å². The molecule has 1 heterocycles. The van der Waals surface area contributed by atoms with Crippen molar-refractivity contribution in [3.05, 3.63) is 95.9 Å². The van der Waals surface area contributed by atoms with Gasteiger partial charge in [0.05, 0.1) is 11.6 Å². The second-order valence-corrected chi connectivity index (χ2v) is 7.51. The average molecular weight is 426 g/mol. The van der Waals surface area contributed by atoms with Crippen LogP contribution in [0.3, 0.4) is 0 Å². The summed E-state index contributed by atoms with van der Waals surface area (Å²) in [5.41, 5.74) is 2.66. The molecule has 4 aromatic rings. The van der Waals surface area contributed by atoms with Gasteiger partial charge in [0.25, 0.3) is 0 Å². The number of hydrogen-bond donors (Lipinski definition) is 1. The van der Waals surface area contributed by atoms with E-state index in [1.165, 1.54) is 24.3 Å². The molecule has 3 aromatic carbocycles. The fourth-order valence-electron chi connectivity index (χ4n) is 3.99. The molecule has 160 valence electrons. The molecular formula is C25H22F4N2. The molecule has 1 unspecified atom stereocenters. The zero-order valence-corrected chi connectivity index (χ0v) is 17.0. The van der Waals surface area contributed by atoms with Crippen LogP contribution in [0, 0.1) is 5.82 Å². The van der Waals surface area contributed by atoms with E-state index < -0.39 is 11.7 Å². The smallest absolute Gasteiger partial charge is 0.339 e. The van der Waals surface area contributed by atoms with E-state index in [2.05, 4.69) is 9.88 Å². The Bertz CT molecular complexity index is 1180. The van der Waals surface area contributed by atoms with Crippen molar-refractivity contribution in [2.45, 2.75) is 18.6 Å². The van der Waals surface area contributed by atoms with E-state index in [4.69, 9.17) is 0 Å². The molecule has 0 aliphatic carbocycles. The van der Waals surface area contributed by atoms with E-state index >= 15 is 0 Å². The summed E-state index contributed by atoms with van der Waals surface area (Å²) in [5.74, 6) is -0.300. The quantitative estimate of drug-likeness (QED) is 0.341. The number of aromatic nitrogens is 1. The first-order valence-corrected chi connectivity index (χ1v) is 10.1. The van der Waals surface area contributed by atoms with Crippen molar-refractivity contribution in [3.63, 3.8) is 0 Å². The van der Waals surface area contributed by atoms with E-state index in [9.17, 15) is 17.6 Å². The van der Waals surface area contributed by atoms with Gasteiger partial charge in [-0.25, -0.2) is 4.39 Å². The lowest BCUT2D eigenvalue weighted by molar-refractivity contribution is -0.137. The van der Waals surface area contributed by atoms with Crippen LogP contribution < -0.4 is 5.32 Å². The molecule has 0 aliphatic heterocycles. The summed E-state index contributed by atoms with van der Waals surface area (Å²) in [6.45, 7) is 0.725. The number of nitrogens with one attached hydrogen (secondary N) is 1. The highest BCUT2D eigenvalue weighted by Gasteiger charge is 2.30. The number of benzene rings is 3. The number of fused-ring (bicyclic) bond motifs is 1. The van der Waals surface area contributed by atoms with Crippen molar-refractivity contribution >= 4 is 10.9 Å². The molecule has 31 heavy (non-hydrogen) atoms. The van der Waals surface area contributed by atoms with E-state index in [-0.39, 0.29) is 11.9 Å². The van der Waals surface area contributed by atoms with Crippen molar-refractivity contribution in [3.8, 4) is 11.1 Å². The number of nitrogens with zero attached hydrogens (tertiary/aromatic N) is 1. The van der Waals surface area contributed by atoms with Gasteiger partial charge < -0.3 is 9.88 Å². The molecule has 1 aromatic heterocycles. The fourth-order valence-corrected chi connectivity index (χ4v) is 3.99. The third kappa shape index (κ3) is 4.35. The van der Waals surface area contributed by atoms with Gasteiger partial charge >= 0.3 is 6.18 Å². The van der Waals surface area contributed by atoms with Crippen LogP contribution in [-0.2, 0) is 6.18 Å². The summed E-state index contributed by atoms with van der Waals surface area (Å²) >= 11 is 0. The first kappa shape index (κ1) is 21.1. The molecule has 0 aliphatic rings.